The van der Waals surface area contributed by atoms with Crippen molar-refractivity contribution in [3.63, 3.8) is 0 Å². The molecule has 3 rings (SSSR count). The Balaban J connectivity index is 1.96. The van der Waals surface area contributed by atoms with Crippen molar-refractivity contribution in [3.8, 4) is 0 Å². The first-order valence-corrected chi connectivity index (χ1v) is 8.52. The van der Waals surface area contributed by atoms with Gasteiger partial charge in [0.15, 0.2) is 4.80 Å². The number of aryl methyl sites for hydroxylation is 3. The minimum Gasteiger partial charge on any atom is -0.319 e. The Morgan fingerprint density at radius 2 is 2.00 bits per heavy atom. The molecule has 0 atom stereocenters. The number of hydrogen-bond acceptors (Lipinski definition) is 2. The van der Waals surface area contributed by atoms with Crippen LogP contribution in [0.15, 0.2) is 41.4 Å². The maximum atomic E-state index is 12.3. The largest absolute Gasteiger partial charge is 0.319 e. The number of amides is 1. The zero-order chi connectivity index (χ0) is 16.6. The van der Waals surface area contributed by atoms with Gasteiger partial charge >= 0.3 is 0 Å². The van der Waals surface area contributed by atoms with Crippen molar-refractivity contribution in [2.45, 2.75) is 20.3 Å². The number of carbonyl (C=O) groups is 1. The van der Waals surface area contributed by atoms with Gasteiger partial charge in [0.1, 0.15) is 0 Å². The van der Waals surface area contributed by atoms with E-state index in [-0.39, 0.29) is 5.91 Å². The third-order valence-electron chi connectivity index (χ3n) is 3.84. The maximum Gasteiger partial charge on any atom is 0.252 e. The molecule has 2 aromatic carbocycles. The van der Waals surface area contributed by atoms with Crippen molar-refractivity contribution < 1.29 is 4.79 Å². The van der Waals surface area contributed by atoms with E-state index in [9.17, 15) is 4.79 Å². The average Bonchev–Trinajstić information content (AvgIpc) is 2.78. The van der Waals surface area contributed by atoms with Crippen LogP contribution in [0.25, 0.3) is 10.2 Å². The predicted molar refractivity (Wildman–Crippen MR) is 96.0 cm³/mol. The quantitative estimate of drug-likeness (QED) is 0.686. The zero-order valence-corrected chi connectivity index (χ0v) is 14.8. The van der Waals surface area contributed by atoms with Gasteiger partial charge < -0.3 is 4.57 Å². The number of thiazole rings is 1. The SMILES string of the molecule is Cc1ccc(C)c(CC(=O)N=c2sc3cc(Cl)ccc3n2C)c1. The first kappa shape index (κ1) is 16.0. The van der Waals surface area contributed by atoms with Gasteiger partial charge in [0, 0.05) is 12.1 Å². The second-order valence-electron chi connectivity index (χ2n) is 5.67. The van der Waals surface area contributed by atoms with E-state index in [0.717, 1.165) is 26.9 Å². The summed E-state index contributed by atoms with van der Waals surface area (Å²) in [7, 11) is 1.91. The molecule has 0 aliphatic carbocycles. The summed E-state index contributed by atoms with van der Waals surface area (Å²) in [4.78, 5) is 17.3. The van der Waals surface area contributed by atoms with Gasteiger partial charge in [0.05, 0.1) is 16.6 Å². The van der Waals surface area contributed by atoms with Crippen molar-refractivity contribution in [2.24, 2.45) is 12.0 Å². The summed E-state index contributed by atoms with van der Waals surface area (Å²) in [5.41, 5.74) is 4.33. The van der Waals surface area contributed by atoms with Crippen LogP contribution in [0.3, 0.4) is 0 Å². The van der Waals surface area contributed by atoms with Crippen LogP contribution in [0, 0.1) is 13.8 Å². The highest BCUT2D eigenvalue weighted by Crippen LogP contribution is 2.21. The molecule has 0 spiro atoms. The first-order chi connectivity index (χ1) is 10.9. The molecule has 0 saturated heterocycles. The van der Waals surface area contributed by atoms with Crippen LogP contribution in [-0.2, 0) is 18.3 Å². The molecular formula is C18H17ClN2OS. The highest BCUT2D eigenvalue weighted by Gasteiger charge is 2.08. The Hall–Kier alpha value is -1.91. The Morgan fingerprint density at radius 1 is 1.22 bits per heavy atom. The summed E-state index contributed by atoms with van der Waals surface area (Å²) >= 11 is 7.50. The molecule has 0 aliphatic rings. The zero-order valence-electron chi connectivity index (χ0n) is 13.3. The second-order valence-corrected chi connectivity index (χ2v) is 7.11. The van der Waals surface area contributed by atoms with E-state index in [1.165, 1.54) is 11.3 Å². The number of carbonyl (C=O) groups excluding carboxylic acids is 1. The van der Waals surface area contributed by atoms with E-state index < -0.39 is 0 Å². The predicted octanol–water partition coefficient (Wildman–Crippen LogP) is 4.18. The number of nitrogens with zero attached hydrogens (tertiary/aromatic N) is 2. The van der Waals surface area contributed by atoms with Gasteiger partial charge in [0.25, 0.3) is 5.91 Å². The number of aromatic nitrogens is 1. The number of halogens is 1. The Kier molecular flexibility index (Phi) is 4.37. The maximum absolute atomic E-state index is 12.3. The molecule has 1 heterocycles. The fraction of sp³-hybridized carbons (Fsp3) is 0.222. The molecule has 3 nitrogen and oxygen atoms in total. The molecule has 1 amide bonds. The van der Waals surface area contributed by atoms with Gasteiger partial charge in [0.2, 0.25) is 0 Å². The summed E-state index contributed by atoms with van der Waals surface area (Å²) in [6.07, 6.45) is 0.322. The molecule has 0 bridgehead atoms. The van der Waals surface area contributed by atoms with Crippen LogP contribution in [0.1, 0.15) is 16.7 Å². The van der Waals surface area contributed by atoms with Gasteiger partial charge in [-0.1, -0.05) is 46.7 Å². The fourth-order valence-corrected chi connectivity index (χ4v) is 3.83. The van der Waals surface area contributed by atoms with Crippen molar-refractivity contribution in [1.29, 1.82) is 0 Å². The van der Waals surface area contributed by atoms with Crippen LogP contribution in [0.5, 0.6) is 0 Å². The van der Waals surface area contributed by atoms with Crippen molar-refractivity contribution in [1.82, 2.24) is 4.57 Å². The summed E-state index contributed by atoms with van der Waals surface area (Å²) < 4.78 is 2.95. The van der Waals surface area contributed by atoms with Crippen LogP contribution in [-0.4, -0.2) is 10.5 Å². The lowest BCUT2D eigenvalue weighted by atomic mass is 10.0. The van der Waals surface area contributed by atoms with Crippen molar-refractivity contribution in [3.05, 3.63) is 62.9 Å². The molecule has 0 saturated carbocycles. The molecule has 118 valence electrons. The van der Waals surface area contributed by atoms with Crippen LogP contribution >= 0.6 is 22.9 Å². The lowest BCUT2D eigenvalue weighted by Gasteiger charge is -2.04. The lowest BCUT2D eigenvalue weighted by molar-refractivity contribution is -0.117. The number of hydrogen-bond donors (Lipinski definition) is 0. The molecule has 0 radical (unpaired) electrons. The van der Waals surface area contributed by atoms with Crippen LogP contribution in [0.4, 0.5) is 0 Å². The van der Waals surface area contributed by atoms with Gasteiger partial charge in [-0.15, -0.1) is 0 Å². The summed E-state index contributed by atoms with van der Waals surface area (Å²) in [5, 5.41) is 0.688. The molecule has 3 aromatic rings. The van der Waals surface area contributed by atoms with Gasteiger partial charge in [-0.3, -0.25) is 4.79 Å². The van der Waals surface area contributed by atoms with E-state index >= 15 is 0 Å². The molecule has 0 fully saturated rings. The molecule has 23 heavy (non-hydrogen) atoms. The second kappa shape index (κ2) is 6.30. The van der Waals surface area contributed by atoms with Gasteiger partial charge in [-0.25, -0.2) is 0 Å². The summed E-state index contributed by atoms with van der Waals surface area (Å²) in [5.74, 6) is -0.132. The average molecular weight is 345 g/mol. The van der Waals surface area contributed by atoms with Gasteiger partial charge in [-0.05, 0) is 43.2 Å². The topological polar surface area (TPSA) is 34.4 Å². The first-order valence-electron chi connectivity index (χ1n) is 7.33. The highest BCUT2D eigenvalue weighted by molar-refractivity contribution is 7.16. The lowest BCUT2D eigenvalue weighted by Crippen LogP contribution is -2.14. The normalized spacial score (nSPS) is 12.1. The standard InChI is InChI=1S/C18H17ClN2OS/c1-11-4-5-12(2)13(8-11)9-17(22)20-18-21(3)15-7-6-14(19)10-16(15)23-18/h4-8,10H,9H2,1-3H3. The summed E-state index contributed by atoms with van der Waals surface area (Å²) in [6, 6.07) is 11.8. The monoisotopic (exact) mass is 344 g/mol. The molecule has 0 unspecified atom stereocenters. The minimum atomic E-state index is -0.132. The van der Waals surface area contributed by atoms with E-state index in [1.54, 1.807) is 0 Å². The molecule has 5 heteroatoms. The van der Waals surface area contributed by atoms with E-state index in [2.05, 4.69) is 11.1 Å². The van der Waals surface area contributed by atoms with E-state index in [1.807, 2.05) is 55.8 Å². The Bertz CT molecular complexity index is 969. The third kappa shape index (κ3) is 3.38. The number of benzene rings is 2. The number of fused-ring (bicyclic) bond motifs is 1. The third-order valence-corrected chi connectivity index (χ3v) is 5.17. The molecule has 0 N–H and O–H groups in total. The molecule has 0 aliphatic heterocycles. The van der Waals surface area contributed by atoms with Crippen LogP contribution < -0.4 is 4.80 Å². The van der Waals surface area contributed by atoms with Crippen LogP contribution in [0.2, 0.25) is 5.02 Å². The smallest absolute Gasteiger partial charge is 0.252 e. The van der Waals surface area contributed by atoms with E-state index in [0.29, 0.717) is 16.2 Å². The Morgan fingerprint density at radius 3 is 2.78 bits per heavy atom. The fourth-order valence-electron chi connectivity index (χ4n) is 2.51. The molecule has 1 aromatic heterocycles. The summed E-state index contributed by atoms with van der Waals surface area (Å²) in [6.45, 7) is 4.05. The minimum absolute atomic E-state index is 0.132. The van der Waals surface area contributed by atoms with Gasteiger partial charge in [-0.2, -0.15) is 4.99 Å². The van der Waals surface area contributed by atoms with Crippen molar-refractivity contribution >= 4 is 39.1 Å². The van der Waals surface area contributed by atoms with Crippen molar-refractivity contribution in [2.75, 3.05) is 0 Å². The molecular weight excluding hydrogens is 328 g/mol. The Labute approximate surface area is 143 Å². The van der Waals surface area contributed by atoms with E-state index in [4.69, 9.17) is 11.6 Å². The number of rotatable bonds is 2. The highest BCUT2D eigenvalue weighted by atomic mass is 35.5.